The first kappa shape index (κ1) is 15.7. The molecule has 0 rings (SSSR count). The van der Waals surface area contributed by atoms with Gasteiger partial charge in [0.2, 0.25) is 0 Å². The van der Waals surface area contributed by atoms with E-state index >= 15 is 0 Å². The van der Waals surface area contributed by atoms with Crippen LogP contribution >= 0.6 is 11.8 Å². The van der Waals surface area contributed by atoms with Crippen molar-refractivity contribution in [2.45, 2.75) is 20.3 Å². The van der Waals surface area contributed by atoms with Gasteiger partial charge in [0.1, 0.15) is 0 Å². The number of aliphatic carboxylic acids is 1. The molecule has 0 aromatic rings. The molecule has 0 aromatic heterocycles. The first-order chi connectivity index (χ1) is 7.60. The number of carboxylic acids is 1. The number of hydrogen-bond acceptors (Lipinski definition) is 4. The highest BCUT2D eigenvalue weighted by atomic mass is 32.2. The van der Waals surface area contributed by atoms with Gasteiger partial charge in [0, 0.05) is 5.88 Å². The second-order valence-electron chi connectivity index (χ2n) is 3.83. The molecule has 0 aromatic carbocycles. The minimum atomic E-state index is -0.758. The summed E-state index contributed by atoms with van der Waals surface area (Å²) in [5.74, 6) is 1.14. The maximum atomic E-state index is 10.4. The first-order valence-corrected chi connectivity index (χ1v) is 6.96. The lowest BCUT2D eigenvalue weighted by Crippen LogP contribution is -2.26. The van der Waals surface area contributed by atoms with Crippen LogP contribution in [0.2, 0.25) is 0 Å². The maximum absolute atomic E-state index is 10.4. The van der Waals surface area contributed by atoms with E-state index in [1.807, 2.05) is 11.9 Å². The number of rotatable bonds is 10. The molecule has 0 aliphatic carbocycles. The number of carboxylic acid groups (broad SMARTS) is 1. The summed E-state index contributed by atoms with van der Waals surface area (Å²) in [5, 5.41) is 8.57. The number of likely N-dealkylation sites (N-methyl/N-ethyl adjacent to an activating group) is 1. The molecule has 16 heavy (non-hydrogen) atoms. The lowest BCUT2D eigenvalue weighted by atomic mass is 10.4. The molecule has 0 saturated heterocycles. The van der Waals surface area contributed by atoms with Gasteiger partial charge in [-0.3, -0.25) is 9.69 Å². The lowest BCUT2D eigenvalue weighted by molar-refractivity contribution is -0.137. The van der Waals surface area contributed by atoms with Crippen molar-refractivity contribution in [1.82, 2.24) is 9.80 Å². The van der Waals surface area contributed by atoms with Gasteiger partial charge in [0.15, 0.2) is 0 Å². The van der Waals surface area contributed by atoms with Gasteiger partial charge < -0.3 is 10.0 Å². The molecule has 0 bridgehead atoms. The average Bonchev–Trinajstić information content (AvgIpc) is 2.22. The van der Waals surface area contributed by atoms with Crippen molar-refractivity contribution in [3.63, 3.8) is 0 Å². The van der Waals surface area contributed by atoms with Gasteiger partial charge in [0.25, 0.3) is 0 Å². The van der Waals surface area contributed by atoms with Crippen LogP contribution in [-0.4, -0.2) is 65.7 Å². The Labute approximate surface area is 103 Å². The summed E-state index contributed by atoms with van der Waals surface area (Å²) in [6.07, 6.45) is 1.17. The molecular formula is C11H24N2O2S. The summed E-state index contributed by atoms with van der Waals surface area (Å²) in [4.78, 5) is 14.6. The predicted molar refractivity (Wildman–Crippen MR) is 70.0 cm³/mol. The molecule has 0 unspecified atom stereocenters. The fraction of sp³-hybridized carbons (Fsp3) is 0.909. The molecule has 0 radical (unpaired) electrons. The normalized spacial score (nSPS) is 11.3. The lowest BCUT2D eigenvalue weighted by Gasteiger charge is -2.18. The molecule has 1 N–H and O–H groups in total. The molecule has 5 heteroatoms. The Morgan fingerprint density at radius 1 is 1.31 bits per heavy atom. The number of carbonyl (C=O) groups is 1. The molecule has 0 heterocycles. The van der Waals surface area contributed by atoms with Crippen LogP contribution in [0.25, 0.3) is 0 Å². The fourth-order valence-corrected chi connectivity index (χ4v) is 2.29. The van der Waals surface area contributed by atoms with Gasteiger partial charge in [-0.15, -0.1) is 11.8 Å². The van der Waals surface area contributed by atoms with E-state index in [1.165, 1.54) is 6.42 Å². The molecule has 0 amide bonds. The fourth-order valence-electron chi connectivity index (χ4n) is 1.43. The Morgan fingerprint density at radius 2 is 1.94 bits per heavy atom. The third-order valence-corrected chi connectivity index (χ3v) is 3.57. The Balaban J connectivity index is 3.35. The van der Waals surface area contributed by atoms with Gasteiger partial charge in [-0.2, -0.15) is 0 Å². The van der Waals surface area contributed by atoms with Crippen LogP contribution in [0.4, 0.5) is 0 Å². The zero-order valence-electron chi connectivity index (χ0n) is 10.6. The van der Waals surface area contributed by atoms with E-state index < -0.39 is 5.97 Å². The Morgan fingerprint density at radius 3 is 2.44 bits per heavy atom. The van der Waals surface area contributed by atoms with Gasteiger partial charge in [-0.25, -0.2) is 0 Å². The minimum absolute atomic E-state index is 0.128. The van der Waals surface area contributed by atoms with Crippen molar-refractivity contribution in [1.29, 1.82) is 0 Å². The molecular weight excluding hydrogens is 224 g/mol. The molecule has 0 saturated carbocycles. The summed E-state index contributed by atoms with van der Waals surface area (Å²) in [5.41, 5.74) is 0. The quantitative estimate of drug-likeness (QED) is 0.468. The Hall–Kier alpha value is -0.260. The van der Waals surface area contributed by atoms with Crippen LogP contribution < -0.4 is 0 Å². The van der Waals surface area contributed by atoms with Crippen molar-refractivity contribution in [3.05, 3.63) is 0 Å². The topological polar surface area (TPSA) is 43.8 Å². The first-order valence-electron chi connectivity index (χ1n) is 5.80. The molecule has 4 nitrogen and oxygen atoms in total. The summed E-state index contributed by atoms with van der Waals surface area (Å²) in [6, 6.07) is 0. The molecule has 0 atom stereocenters. The van der Waals surface area contributed by atoms with E-state index in [9.17, 15) is 4.79 Å². The van der Waals surface area contributed by atoms with Crippen LogP contribution in [0, 0.1) is 0 Å². The highest BCUT2D eigenvalue weighted by Crippen LogP contribution is 2.05. The van der Waals surface area contributed by atoms with Gasteiger partial charge in [-0.1, -0.05) is 13.8 Å². The third kappa shape index (κ3) is 9.00. The summed E-state index contributed by atoms with van der Waals surface area (Å²) in [7, 11) is 1.84. The average molecular weight is 248 g/mol. The van der Waals surface area contributed by atoms with Crippen molar-refractivity contribution in [2.75, 3.05) is 44.9 Å². The highest BCUT2D eigenvalue weighted by molar-refractivity contribution is 7.99. The molecule has 96 valence electrons. The van der Waals surface area contributed by atoms with E-state index in [4.69, 9.17) is 5.11 Å². The maximum Gasteiger partial charge on any atom is 0.317 e. The monoisotopic (exact) mass is 248 g/mol. The van der Waals surface area contributed by atoms with Crippen LogP contribution in [0.1, 0.15) is 20.3 Å². The molecule has 0 aliphatic rings. The van der Waals surface area contributed by atoms with E-state index in [0.29, 0.717) is 0 Å². The van der Waals surface area contributed by atoms with Crippen molar-refractivity contribution < 1.29 is 9.90 Å². The van der Waals surface area contributed by atoms with Gasteiger partial charge in [0.05, 0.1) is 6.54 Å². The van der Waals surface area contributed by atoms with Crippen LogP contribution in [0.3, 0.4) is 0 Å². The largest absolute Gasteiger partial charge is 0.480 e. The molecule has 0 spiro atoms. The van der Waals surface area contributed by atoms with E-state index in [0.717, 1.165) is 31.3 Å². The summed E-state index contributed by atoms with van der Waals surface area (Å²) < 4.78 is 0. The summed E-state index contributed by atoms with van der Waals surface area (Å²) >= 11 is 1.80. The molecule has 0 aliphatic heterocycles. The zero-order chi connectivity index (χ0) is 12.4. The van der Waals surface area contributed by atoms with Crippen molar-refractivity contribution in [2.24, 2.45) is 0 Å². The van der Waals surface area contributed by atoms with Crippen LogP contribution in [-0.2, 0) is 4.79 Å². The minimum Gasteiger partial charge on any atom is -0.480 e. The zero-order valence-corrected chi connectivity index (χ0v) is 11.4. The Bertz CT molecular complexity index is 187. The van der Waals surface area contributed by atoms with Crippen LogP contribution in [0.5, 0.6) is 0 Å². The van der Waals surface area contributed by atoms with Crippen molar-refractivity contribution in [3.8, 4) is 0 Å². The van der Waals surface area contributed by atoms with Gasteiger partial charge in [-0.05, 0) is 38.9 Å². The number of nitrogens with zero attached hydrogens (tertiary/aromatic N) is 2. The van der Waals surface area contributed by atoms with E-state index in [-0.39, 0.29) is 6.54 Å². The third-order valence-electron chi connectivity index (χ3n) is 2.37. The number of hydrogen-bond donors (Lipinski definition) is 1. The second-order valence-corrected chi connectivity index (χ2v) is 4.90. The predicted octanol–water partition coefficient (Wildman–Crippen LogP) is 1.43. The van der Waals surface area contributed by atoms with Crippen molar-refractivity contribution >= 4 is 17.7 Å². The highest BCUT2D eigenvalue weighted by Gasteiger charge is 2.03. The van der Waals surface area contributed by atoms with E-state index in [1.54, 1.807) is 11.8 Å². The van der Waals surface area contributed by atoms with E-state index in [2.05, 4.69) is 18.7 Å². The standard InChI is InChI=1S/C11H24N2O2S/c1-4-13(5-2)7-6-8-16-10-12(3)9-11(14)15/h4-10H2,1-3H3,(H,14,15). The summed E-state index contributed by atoms with van der Waals surface area (Å²) in [6.45, 7) is 7.85. The molecule has 0 fully saturated rings. The SMILES string of the molecule is CCN(CC)CCCSCN(C)CC(=O)O. The number of thioether (sulfide) groups is 1. The Kier molecular flexibility index (Phi) is 9.77. The second kappa shape index (κ2) is 9.93. The van der Waals surface area contributed by atoms with Gasteiger partial charge >= 0.3 is 5.97 Å². The smallest absolute Gasteiger partial charge is 0.317 e. The van der Waals surface area contributed by atoms with Crippen LogP contribution in [0.15, 0.2) is 0 Å².